The van der Waals surface area contributed by atoms with Gasteiger partial charge in [-0.05, 0) is 6.42 Å². The van der Waals surface area contributed by atoms with Crippen molar-refractivity contribution in [3.63, 3.8) is 0 Å². The zero-order valence-electron chi connectivity index (χ0n) is 15.6. The number of nitrogens with one attached hydrogen (secondary N) is 1. The lowest BCUT2D eigenvalue weighted by molar-refractivity contribution is -0.121. The van der Waals surface area contributed by atoms with Gasteiger partial charge in [-0.3, -0.25) is 4.79 Å². The number of aromatic nitrogens is 2. The van der Waals surface area contributed by atoms with Crippen LogP contribution in [0.4, 0.5) is 0 Å². The maximum Gasteiger partial charge on any atom is 0.147 e. The molecule has 0 saturated carbocycles. The molecule has 136 valence electrons. The maximum atomic E-state index is 12.2. The summed E-state index contributed by atoms with van der Waals surface area (Å²) in [5.41, 5.74) is 0. The van der Waals surface area contributed by atoms with E-state index in [0.29, 0.717) is 6.42 Å². The summed E-state index contributed by atoms with van der Waals surface area (Å²) >= 11 is 0. The van der Waals surface area contributed by atoms with Crippen molar-refractivity contribution >= 4 is 5.78 Å². The molecule has 1 aromatic heterocycles. The van der Waals surface area contributed by atoms with Gasteiger partial charge in [-0.1, -0.05) is 83.6 Å². The lowest BCUT2D eigenvalue weighted by Crippen LogP contribution is -2.15. The fraction of sp³-hybridized carbons (Fsp3) is 0.714. The van der Waals surface area contributed by atoms with Crippen LogP contribution in [0.1, 0.15) is 89.8 Å². The summed E-state index contributed by atoms with van der Waals surface area (Å²) in [7, 11) is 0. The molecule has 1 unspecified atom stereocenters. The highest BCUT2D eigenvalue weighted by molar-refractivity contribution is 5.84. The number of imidazole rings is 1. The molecule has 0 aliphatic carbocycles. The minimum absolute atomic E-state index is 0.0198. The number of carbonyl (C=O) groups is 1. The average molecular weight is 333 g/mol. The van der Waals surface area contributed by atoms with Crippen molar-refractivity contribution in [3.05, 3.63) is 30.9 Å². The Kier molecular flexibility index (Phi) is 12.1. The molecule has 1 atom stereocenters. The Morgan fingerprint density at radius 1 is 1.08 bits per heavy atom. The number of H-pyrrole nitrogens is 1. The lowest BCUT2D eigenvalue weighted by Gasteiger charge is -2.10. The van der Waals surface area contributed by atoms with Crippen LogP contribution in [0.5, 0.6) is 0 Å². The third-order valence-electron chi connectivity index (χ3n) is 4.71. The standard InChI is InChI=1S/C21H36N2O/c1-3-5-6-7-8-9-10-11-12-13-14-15-19(4-2)20(24)18-21-22-16-17-23-21/h4,16-17,19H,2-3,5-15,18H2,1H3,(H,22,23). The zero-order valence-corrected chi connectivity index (χ0v) is 15.6. The van der Waals surface area contributed by atoms with Crippen molar-refractivity contribution in [2.24, 2.45) is 5.92 Å². The van der Waals surface area contributed by atoms with Crippen LogP contribution in [0.3, 0.4) is 0 Å². The number of rotatable bonds is 16. The van der Waals surface area contributed by atoms with Gasteiger partial charge in [-0.25, -0.2) is 4.98 Å². The van der Waals surface area contributed by atoms with E-state index >= 15 is 0 Å². The van der Waals surface area contributed by atoms with E-state index in [0.717, 1.165) is 18.7 Å². The molecule has 0 aromatic carbocycles. The summed E-state index contributed by atoms with van der Waals surface area (Å²) in [5.74, 6) is 0.964. The van der Waals surface area contributed by atoms with Gasteiger partial charge in [0, 0.05) is 18.3 Å². The molecule has 24 heavy (non-hydrogen) atoms. The lowest BCUT2D eigenvalue weighted by atomic mass is 9.94. The molecule has 0 aliphatic heterocycles. The number of unbranched alkanes of at least 4 members (excludes halogenated alkanes) is 10. The first-order valence-corrected chi connectivity index (χ1v) is 9.91. The SMILES string of the molecule is C=CC(CCCCCCCCCCCCC)C(=O)Cc1ncc[nH]1. The number of hydrogen-bond acceptors (Lipinski definition) is 2. The van der Waals surface area contributed by atoms with Crippen LogP contribution in [0.25, 0.3) is 0 Å². The van der Waals surface area contributed by atoms with Gasteiger partial charge in [0.15, 0.2) is 0 Å². The van der Waals surface area contributed by atoms with Crippen LogP contribution >= 0.6 is 0 Å². The van der Waals surface area contributed by atoms with E-state index in [1.54, 1.807) is 12.4 Å². The summed E-state index contributed by atoms with van der Waals surface area (Å²) in [4.78, 5) is 19.3. The van der Waals surface area contributed by atoms with Crippen LogP contribution in [0.15, 0.2) is 25.0 Å². The third-order valence-corrected chi connectivity index (χ3v) is 4.71. The Labute approximate surface area is 148 Å². The monoisotopic (exact) mass is 332 g/mol. The van der Waals surface area contributed by atoms with E-state index in [1.807, 2.05) is 6.08 Å². The Balaban J connectivity index is 1.98. The second-order valence-electron chi connectivity index (χ2n) is 6.85. The van der Waals surface area contributed by atoms with E-state index in [1.165, 1.54) is 64.2 Å². The number of hydrogen-bond donors (Lipinski definition) is 1. The molecule has 1 rings (SSSR count). The van der Waals surface area contributed by atoms with E-state index in [4.69, 9.17) is 0 Å². The van der Waals surface area contributed by atoms with Crippen molar-refractivity contribution in [2.75, 3.05) is 0 Å². The average Bonchev–Trinajstić information content (AvgIpc) is 3.09. The van der Waals surface area contributed by atoms with Gasteiger partial charge in [-0.15, -0.1) is 6.58 Å². The van der Waals surface area contributed by atoms with Gasteiger partial charge in [-0.2, -0.15) is 0 Å². The highest BCUT2D eigenvalue weighted by atomic mass is 16.1. The maximum absolute atomic E-state index is 12.2. The minimum atomic E-state index is -0.0198. The van der Waals surface area contributed by atoms with Gasteiger partial charge in [0.25, 0.3) is 0 Å². The van der Waals surface area contributed by atoms with Crippen LogP contribution in [0.2, 0.25) is 0 Å². The van der Waals surface area contributed by atoms with Crippen molar-refractivity contribution in [1.29, 1.82) is 0 Å². The normalized spacial score (nSPS) is 12.2. The molecule has 1 aromatic rings. The molecule has 0 amide bonds. The zero-order chi connectivity index (χ0) is 17.5. The summed E-state index contributed by atoms with van der Waals surface area (Å²) in [5, 5.41) is 0. The molecule has 0 fully saturated rings. The number of ketones is 1. The molecule has 0 spiro atoms. The van der Waals surface area contributed by atoms with Crippen molar-refractivity contribution in [3.8, 4) is 0 Å². The molecule has 1 heterocycles. The predicted molar refractivity (Wildman–Crippen MR) is 102 cm³/mol. The van der Waals surface area contributed by atoms with E-state index < -0.39 is 0 Å². The fourth-order valence-electron chi connectivity index (χ4n) is 3.13. The summed E-state index contributed by atoms with van der Waals surface area (Å²) in [6.07, 6.45) is 21.3. The molecule has 1 N–H and O–H groups in total. The summed E-state index contributed by atoms with van der Waals surface area (Å²) in [6, 6.07) is 0. The van der Waals surface area contributed by atoms with Crippen molar-refractivity contribution in [1.82, 2.24) is 9.97 Å². The molecular weight excluding hydrogens is 296 g/mol. The molecule has 0 radical (unpaired) electrons. The first kappa shape index (κ1) is 20.7. The molecule has 0 bridgehead atoms. The quantitative estimate of drug-likeness (QED) is 0.297. The summed E-state index contributed by atoms with van der Waals surface area (Å²) < 4.78 is 0. The van der Waals surface area contributed by atoms with Gasteiger partial charge in [0.1, 0.15) is 11.6 Å². The molecule has 0 aliphatic rings. The van der Waals surface area contributed by atoms with Gasteiger partial charge < -0.3 is 4.98 Å². The first-order valence-electron chi connectivity index (χ1n) is 9.91. The summed E-state index contributed by atoms with van der Waals surface area (Å²) in [6.45, 7) is 6.10. The van der Waals surface area contributed by atoms with E-state index in [2.05, 4.69) is 23.5 Å². The largest absolute Gasteiger partial charge is 0.348 e. The van der Waals surface area contributed by atoms with Crippen molar-refractivity contribution in [2.45, 2.75) is 90.4 Å². The number of allylic oxidation sites excluding steroid dienone is 1. The number of Topliss-reactive ketones (excluding diaryl/α,β-unsaturated/α-hetero) is 1. The van der Waals surface area contributed by atoms with Crippen LogP contribution in [-0.2, 0) is 11.2 Å². The second-order valence-corrected chi connectivity index (χ2v) is 6.85. The highest BCUT2D eigenvalue weighted by Gasteiger charge is 2.15. The Bertz CT molecular complexity index is 425. The van der Waals surface area contributed by atoms with Crippen LogP contribution in [0, 0.1) is 5.92 Å². The van der Waals surface area contributed by atoms with Crippen LogP contribution < -0.4 is 0 Å². The fourth-order valence-corrected chi connectivity index (χ4v) is 3.13. The van der Waals surface area contributed by atoms with Crippen molar-refractivity contribution < 1.29 is 4.79 Å². The Morgan fingerprint density at radius 3 is 2.17 bits per heavy atom. The topological polar surface area (TPSA) is 45.8 Å². The minimum Gasteiger partial charge on any atom is -0.348 e. The van der Waals surface area contributed by atoms with E-state index in [9.17, 15) is 4.79 Å². The molecule has 3 nitrogen and oxygen atoms in total. The second kappa shape index (κ2) is 14.0. The van der Waals surface area contributed by atoms with E-state index in [-0.39, 0.29) is 11.7 Å². The van der Waals surface area contributed by atoms with Gasteiger partial charge >= 0.3 is 0 Å². The van der Waals surface area contributed by atoms with Gasteiger partial charge in [0.05, 0.1) is 6.42 Å². The first-order chi connectivity index (χ1) is 11.8. The Hall–Kier alpha value is -1.38. The molecular formula is C21H36N2O. The number of nitrogens with zero attached hydrogens (tertiary/aromatic N) is 1. The van der Waals surface area contributed by atoms with Crippen LogP contribution in [-0.4, -0.2) is 15.8 Å². The predicted octanol–water partition coefficient (Wildman–Crippen LogP) is 6.02. The number of aromatic amines is 1. The third kappa shape index (κ3) is 9.69. The smallest absolute Gasteiger partial charge is 0.147 e. The molecule has 0 saturated heterocycles. The number of carbonyl (C=O) groups excluding carboxylic acids is 1. The molecule has 3 heteroatoms. The Morgan fingerprint density at radius 2 is 1.67 bits per heavy atom. The highest BCUT2D eigenvalue weighted by Crippen LogP contribution is 2.16. The van der Waals surface area contributed by atoms with Gasteiger partial charge in [0.2, 0.25) is 0 Å².